The largest absolute Gasteiger partial charge is 0.423 e. The van der Waals surface area contributed by atoms with Crippen LogP contribution in [0.5, 0.6) is 0 Å². The van der Waals surface area contributed by atoms with Crippen molar-refractivity contribution in [3.05, 3.63) is 24.3 Å². The Hall–Kier alpha value is -4.36. The van der Waals surface area contributed by atoms with Crippen LogP contribution in [0.2, 0.25) is 0 Å². The van der Waals surface area contributed by atoms with E-state index in [1.54, 1.807) is 0 Å². The van der Waals surface area contributed by atoms with Gasteiger partial charge in [-0.1, -0.05) is 78.1 Å². The number of hydrogen-bond acceptors (Lipinski definition) is 8. The Balaban J connectivity index is 1.56. The van der Waals surface area contributed by atoms with Crippen molar-refractivity contribution in [3.63, 3.8) is 0 Å². The lowest BCUT2D eigenvalue weighted by Gasteiger charge is -2.08. The Kier molecular flexibility index (Phi) is 17.3. The van der Waals surface area contributed by atoms with E-state index in [1.807, 2.05) is 0 Å². The van der Waals surface area contributed by atoms with E-state index in [0.29, 0.717) is 13.1 Å². The number of hydrogen-bond donors (Lipinski definition) is 8. The van der Waals surface area contributed by atoms with E-state index in [4.69, 9.17) is 8.83 Å². The van der Waals surface area contributed by atoms with Crippen molar-refractivity contribution in [2.24, 2.45) is 0 Å². The molecule has 0 spiro atoms. The molecule has 14 heteroatoms. The van der Waals surface area contributed by atoms with Gasteiger partial charge in [0.2, 0.25) is 35.4 Å². The summed E-state index contributed by atoms with van der Waals surface area (Å²) in [7, 11) is 0. The average Bonchev–Trinajstić information content (AvgIpc) is 3.63. The number of carbonyl (C=O) groups excluding carboxylic acids is 4. The Morgan fingerprint density at radius 3 is 1.33 bits per heavy atom. The van der Waals surface area contributed by atoms with E-state index >= 15 is 0 Å². The second-order valence-corrected chi connectivity index (χ2v) is 10.1. The summed E-state index contributed by atoms with van der Waals surface area (Å²) in [6, 6.07) is 5.33. The summed E-state index contributed by atoms with van der Waals surface area (Å²) >= 11 is 0. The fourth-order valence-corrected chi connectivity index (χ4v) is 3.97. The highest BCUT2D eigenvalue weighted by Gasteiger charge is 2.12. The van der Waals surface area contributed by atoms with Gasteiger partial charge in [0.15, 0.2) is 0 Å². The molecular weight excluding hydrogens is 556 g/mol. The molecule has 2 aromatic rings. The minimum atomic E-state index is -0.634. The third kappa shape index (κ3) is 16.6. The number of anilines is 4. The molecule has 0 unspecified atom stereocenters. The van der Waals surface area contributed by atoms with Gasteiger partial charge in [-0.25, -0.2) is 9.59 Å². The van der Waals surface area contributed by atoms with Gasteiger partial charge in [-0.05, 0) is 12.8 Å². The van der Waals surface area contributed by atoms with Crippen LogP contribution in [0, 0.1) is 0 Å². The highest BCUT2D eigenvalue weighted by Crippen LogP contribution is 2.18. The predicted octanol–water partition coefficient (Wildman–Crippen LogP) is 5.81. The third-order valence-corrected chi connectivity index (χ3v) is 6.29. The number of urea groups is 2. The Morgan fingerprint density at radius 1 is 0.535 bits per heavy atom. The normalized spacial score (nSPS) is 10.5. The lowest BCUT2D eigenvalue weighted by atomic mass is 10.1. The Labute approximate surface area is 253 Å². The second kappa shape index (κ2) is 21.4. The summed E-state index contributed by atoms with van der Waals surface area (Å²) in [6.07, 6.45) is 13.1. The first-order valence-electron chi connectivity index (χ1n) is 15.3. The minimum Gasteiger partial charge on any atom is -0.423 e. The van der Waals surface area contributed by atoms with Gasteiger partial charge in [0.25, 0.3) is 0 Å². The van der Waals surface area contributed by atoms with Crippen molar-refractivity contribution < 1.29 is 28.0 Å². The van der Waals surface area contributed by atoms with Gasteiger partial charge in [-0.2, -0.15) is 0 Å². The van der Waals surface area contributed by atoms with Gasteiger partial charge >= 0.3 is 12.1 Å². The number of unbranched alkanes of at least 4 members (excludes halogenated alkanes) is 10. The van der Waals surface area contributed by atoms with Crippen molar-refractivity contribution in [3.8, 4) is 0 Å². The molecule has 6 amide bonds. The highest BCUT2D eigenvalue weighted by atomic mass is 16.4. The van der Waals surface area contributed by atoms with Crippen LogP contribution >= 0.6 is 0 Å². The first-order chi connectivity index (χ1) is 20.9. The first kappa shape index (κ1) is 34.8. The predicted molar refractivity (Wildman–Crippen MR) is 166 cm³/mol. The molecule has 0 aromatic carbocycles. The van der Waals surface area contributed by atoms with Gasteiger partial charge in [0, 0.05) is 37.4 Å². The lowest BCUT2D eigenvalue weighted by molar-refractivity contribution is -0.128. The fourth-order valence-electron chi connectivity index (χ4n) is 3.97. The minimum absolute atomic E-state index is 0.171. The van der Waals surface area contributed by atoms with E-state index < -0.39 is 18.2 Å². The molecule has 2 heterocycles. The van der Waals surface area contributed by atoms with Crippen LogP contribution in [0.15, 0.2) is 33.1 Å². The number of nitrogens with one attached hydrogen (secondary N) is 8. The number of carbonyl (C=O) groups is 4. The molecule has 0 aliphatic carbocycles. The zero-order valence-corrected chi connectivity index (χ0v) is 25.4. The third-order valence-electron chi connectivity index (χ3n) is 6.29. The van der Waals surface area contributed by atoms with Gasteiger partial charge in [-0.15, -0.1) is 0 Å². The summed E-state index contributed by atoms with van der Waals surface area (Å²) in [5.74, 6) is -0.533. The molecule has 240 valence electrons. The standard InChI is InChI=1S/C29H48N8O6/c1-3-5-7-9-11-13-19-30-28(40)32-24-15-17-26(42-24)36-34-22(38)21-23(39)35-37-27-18-16-25(43-27)33-29(41)31-20-14-12-10-8-6-4-2/h15-18,36-37H,3-14,19-21H2,1-2H3,(H,34,38)(H,35,39)(H2,30,32,40)(H2,31,33,41). The first-order valence-corrected chi connectivity index (χ1v) is 15.3. The van der Waals surface area contributed by atoms with Crippen molar-refractivity contribution in [2.45, 2.75) is 97.3 Å². The molecule has 2 rings (SSSR count). The van der Waals surface area contributed by atoms with Crippen LogP contribution in [0.3, 0.4) is 0 Å². The molecule has 0 aliphatic heterocycles. The van der Waals surface area contributed by atoms with Gasteiger partial charge in [0.05, 0.1) is 0 Å². The highest BCUT2D eigenvalue weighted by molar-refractivity contribution is 5.97. The van der Waals surface area contributed by atoms with Crippen LogP contribution < -0.4 is 43.0 Å². The van der Waals surface area contributed by atoms with E-state index in [2.05, 4.69) is 56.8 Å². The van der Waals surface area contributed by atoms with E-state index in [-0.39, 0.29) is 35.6 Å². The van der Waals surface area contributed by atoms with Crippen LogP contribution in [0.25, 0.3) is 0 Å². The molecule has 2 aromatic heterocycles. The molecule has 0 radical (unpaired) electrons. The quantitative estimate of drug-likeness (QED) is 0.0469. The van der Waals surface area contributed by atoms with E-state index in [0.717, 1.165) is 38.5 Å². The van der Waals surface area contributed by atoms with Crippen molar-refractivity contribution in [1.82, 2.24) is 21.5 Å². The summed E-state index contributed by atoms with van der Waals surface area (Å²) in [6.45, 7) is 5.50. The maximum atomic E-state index is 12.1. The van der Waals surface area contributed by atoms with Gasteiger partial charge in [0.1, 0.15) is 6.42 Å². The summed E-state index contributed by atoms with van der Waals surface area (Å²) in [5, 5.41) is 10.7. The molecular formula is C29H48N8O6. The molecule has 0 fully saturated rings. The molecule has 0 saturated heterocycles. The maximum Gasteiger partial charge on any atom is 0.321 e. The molecule has 0 atom stereocenters. The molecule has 14 nitrogen and oxygen atoms in total. The molecule has 0 aliphatic rings. The van der Waals surface area contributed by atoms with Crippen LogP contribution in [-0.2, 0) is 9.59 Å². The smallest absolute Gasteiger partial charge is 0.321 e. The zero-order valence-electron chi connectivity index (χ0n) is 25.4. The summed E-state index contributed by atoms with van der Waals surface area (Å²) in [4.78, 5) is 48.2. The van der Waals surface area contributed by atoms with Crippen LogP contribution in [0.4, 0.5) is 33.1 Å². The SMILES string of the molecule is CCCCCCCCNC(=O)Nc1ccc(NNC(=O)CC(=O)NNc2ccc(NC(=O)NCCCCCCCC)o2)o1. The Morgan fingerprint density at radius 2 is 0.907 bits per heavy atom. The second-order valence-electron chi connectivity index (χ2n) is 10.1. The monoisotopic (exact) mass is 604 g/mol. The molecule has 0 saturated carbocycles. The van der Waals surface area contributed by atoms with E-state index in [9.17, 15) is 19.2 Å². The molecule has 0 bridgehead atoms. The van der Waals surface area contributed by atoms with Crippen LogP contribution in [-0.4, -0.2) is 37.0 Å². The van der Waals surface area contributed by atoms with Gasteiger partial charge < -0.3 is 19.5 Å². The van der Waals surface area contributed by atoms with Crippen LogP contribution in [0.1, 0.15) is 97.3 Å². The topological polar surface area (TPSA) is 191 Å². The summed E-state index contributed by atoms with van der Waals surface area (Å²) in [5.41, 5.74) is 9.76. The maximum absolute atomic E-state index is 12.1. The lowest BCUT2D eigenvalue weighted by Crippen LogP contribution is -2.36. The molecule has 8 N–H and O–H groups in total. The Bertz CT molecular complexity index is 1020. The van der Waals surface area contributed by atoms with E-state index in [1.165, 1.54) is 62.8 Å². The van der Waals surface area contributed by atoms with Crippen molar-refractivity contribution in [1.29, 1.82) is 0 Å². The van der Waals surface area contributed by atoms with Crippen molar-refractivity contribution in [2.75, 3.05) is 34.6 Å². The zero-order chi connectivity index (χ0) is 31.1. The number of furan rings is 2. The number of amides is 6. The average molecular weight is 605 g/mol. The molecule has 43 heavy (non-hydrogen) atoms. The van der Waals surface area contributed by atoms with Crippen molar-refractivity contribution >= 4 is 47.4 Å². The summed E-state index contributed by atoms with van der Waals surface area (Å²) < 4.78 is 10.8. The number of hydrazine groups is 2. The number of rotatable bonds is 22. The fraction of sp³-hybridized carbons (Fsp3) is 0.586. The van der Waals surface area contributed by atoms with Gasteiger partial charge in [-0.3, -0.25) is 41.9 Å².